The number of hydrogen-bond donors (Lipinski definition) is 5. The Labute approximate surface area is 79.2 Å². The molecule has 0 aliphatic rings. The normalized spacial score (nSPS) is 19.8. The van der Waals surface area contributed by atoms with Crippen LogP contribution < -0.4 is 0 Å². The first-order valence-corrected chi connectivity index (χ1v) is 3.85. The lowest BCUT2D eigenvalue weighted by Gasteiger charge is -2.23. The van der Waals surface area contributed by atoms with Gasteiger partial charge in [-0.3, -0.25) is 10.1 Å². The number of aliphatic hydroxyl groups is 5. The van der Waals surface area contributed by atoms with Gasteiger partial charge < -0.3 is 25.5 Å². The van der Waals surface area contributed by atoms with E-state index in [4.69, 9.17) is 25.5 Å². The molecule has 8 nitrogen and oxygen atoms in total. The summed E-state index contributed by atoms with van der Waals surface area (Å²) in [6.45, 7) is -1.76. The molecule has 8 heteroatoms. The van der Waals surface area contributed by atoms with E-state index in [1.54, 1.807) is 0 Å². The van der Waals surface area contributed by atoms with E-state index in [0.717, 1.165) is 0 Å². The fourth-order valence-corrected chi connectivity index (χ4v) is 0.824. The Morgan fingerprint density at radius 3 is 1.86 bits per heavy atom. The van der Waals surface area contributed by atoms with Gasteiger partial charge in [0.15, 0.2) is 0 Å². The number of rotatable bonds is 6. The molecule has 0 spiro atoms. The predicted octanol–water partition coefficient (Wildman–Crippen LogP) is -3.30. The van der Waals surface area contributed by atoms with E-state index >= 15 is 0 Å². The first kappa shape index (κ1) is 13.2. The minimum atomic E-state index is -1.87. The Morgan fingerprint density at radius 2 is 1.50 bits per heavy atom. The van der Waals surface area contributed by atoms with Gasteiger partial charge in [0.2, 0.25) is 6.54 Å². The van der Waals surface area contributed by atoms with Crippen LogP contribution in [0.4, 0.5) is 0 Å². The molecule has 0 fully saturated rings. The van der Waals surface area contributed by atoms with E-state index in [1.807, 2.05) is 0 Å². The topological polar surface area (TPSA) is 144 Å². The van der Waals surface area contributed by atoms with Crippen molar-refractivity contribution in [1.82, 2.24) is 0 Å². The van der Waals surface area contributed by atoms with Crippen molar-refractivity contribution in [2.75, 3.05) is 13.2 Å². The zero-order valence-corrected chi connectivity index (χ0v) is 7.22. The Morgan fingerprint density at radius 1 is 1.07 bits per heavy atom. The van der Waals surface area contributed by atoms with Crippen molar-refractivity contribution in [3.63, 3.8) is 0 Å². The van der Waals surface area contributed by atoms with Crippen molar-refractivity contribution < 1.29 is 30.5 Å². The molecule has 0 radical (unpaired) electrons. The van der Waals surface area contributed by atoms with Crippen LogP contribution in [0.3, 0.4) is 0 Å². The lowest BCUT2D eigenvalue weighted by atomic mass is 10.0. The molecule has 0 unspecified atom stereocenters. The third-order valence-electron chi connectivity index (χ3n) is 1.66. The highest BCUT2D eigenvalue weighted by atomic mass is 16.6. The molecule has 0 aromatic rings. The quantitative estimate of drug-likeness (QED) is 0.228. The Balaban J connectivity index is 4.15. The second-order valence-electron chi connectivity index (χ2n) is 2.81. The lowest BCUT2D eigenvalue weighted by molar-refractivity contribution is -0.493. The van der Waals surface area contributed by atoms with Gasteiger partial charge in [-0.15, -0.1) is 0 Å². The summed E-state index contributed by atoms with van der Waals surface area (Å²) < 4.78 is 0. The average molecular weight is 211 g/mol. The van der Waals surface area contributed by atoms with Crippen LogP contribution in [0, 0.1) is 10.1 Å². The van der Waals surface area contributed by atoms with Crippen molar-refractivity contribution >= 4 is 0 Å². The highest BCUT2D eigenvalue weighted by Crippen LogP contribution is 2.05. The van der Waals surface area contributed by atoms with Gasteiger partial charge in [0.1, 0.15) is 24.4 Å². The van der Waals surface area contributed by atoms with Gasteiger partial charge in [-0.25, -0.2) is 0 Å². The first-order chi connectivity index (χ1) is 6.40. The standard InChI is InChI=1S/C6H13NO7/c8-2-4(10)6(12)5(11)3(9)1-7(13)14/h3-6,8-12H,1-2H2/t3-,4+,5+,6+/m1/s1. The molecule has 84 valence electrons. The zero-order chi connectivity index (χ0) is 11.3. The van der Waals surface area contributed by atoms with Crippen LogP contribution in [0.15, 0.2) is 0 Å². The summed E-state index contributed by atoms with van der Waals surface area (Å²) in [6, 6.07) is 0. The van der Waals surface area contributed by atoms with Crippen molar-refractivity contribution in [1.29, 1.82) is 0 Å². The van der Waals surface area contributed by atoms with Crippen LogP contribution >= 0.6 is 0 Å². The molecule has 0 saturated heterocycles. The number of hydrogen-bond acceptors (Lipinski definition) is 7. The molecule has 0 aromatic carbocycles. The van der Waals surface area contributed by atoms with E-state index in [9.17, 15) is 10.1 Å². The van der Waals surface area contributed by atoms with Crippen LogP contribution in [0.25, 0.3) is 0 Å². The van der Waals surface area contributed by atoms with E-state index in [2.05, 4.69) is 0 Å². The molecule has 5 N–H and O–H groups in total. The van der Waals surface area contributed by atoms with E-state index < -0.39 is 42.5 Å². The van der Waals surface area contributed by atoms with Crippen molar-refractivity contribution in [2.45, 2.75) is 24.4 Å². The fraction of sp³-hybridized carbons (Fsp3) is 1.00. The Bertz CT molecular complexity index is 187. The van der Waals surface area contributed by atoms with Crippen LogP contribution in [0.5, 0.6) is 0 Å². The SMILES string of the molecule is O=[N+]([O-])C[C@@H](O)[C@H](O)[C@@H](O)[C@@H](O)CO. The molecule has 0 rings (SSSR count). The molecule has 4 atom stereocenters. The van der Waals surface area contributed by atoms with Crippen LogP contribution in [-0.2, 0) is 0 Å². The lowest BCUT2D eigenvalue weighted by Crippen LogP contribution is -2.47. The second-order valence-corrected chi connectivity index (χ2v) is 2.81. The van der Waals surface area contributed by atoms with Crippen molar-refractivity contribution in [2.24, 2.45) is 0 Å². The average Bonchev–Trinajstić information content (AvgIpc) is 2.13. The summed E-state index contributed by atoms with van der Waals surface area (Å²) in [6.07, 6.45) is -7.13. The maximum atomic E-state index is 9.92. The predicted molar refractivity (Wildman–Crippen MR) is 43.0 cm³/mol. The molecule has 0 amide bonds. The third-order valence-corrected chi connectivity index (χ3v) is 1.66. The summed E-state index contributed by atoms with van der Waals surface area (Å²) in [5.41, 5.74) is 0. The summed E-state index contributed by atoms with van der Waals surface area (Å²) in [5, 5.41) is 54.2. The molecule has 0 aliphatic carbocycles. The highest BCUT2D eigenvalue weighted by Gasteiger charge is 2.32. The molecule has 0 heterocycles. The second kappa shape index (κ2) is 5.83. The maximum absolute atomic E-state index is 9.92. The molecule has 0 aromatic heterocycles. The van der Waals surface area contributed by atoms with Crippen LogP contribution in [0.2, 0.25) is 0 Å². The van der Waals surface area contributed by atoms with Gasteiger partial charge in [-0.1, -0.05) is 0 Å². The Kier molecular flexibility index (Phi) is 5.50. The van der Waals surface area contributed by atoms with E-state index in [0.29, 0.717) is 0 Å². The van der Waals surface area contributed by atoms with E-state index in [-0.39, 0.29) is 0 Å². The molecular weight excluding hydrogens is 198 g/mol. The summed E-state index contributed by atoms with van der Waals surface area (Å²) in [7, 11) is 0. The summed E-state index contributed by atoms with van der Waals surface area (Å²) in [4.78, 5) is 9.05. The zero-order valence-electron chi connectivity index (χ0n) is 7.22. The monoisotopic (exact) mass is 211 g/mol. The molecular formula is C6H13NO7. The van der Waals surface area contributed by atoms with Crippen LogP contribution in [-0.4, -0.2) is 68.0 Å². The van der Waals surface area contributed by atoms with Gasteiger partial charge in [-0.05, 0) is 0 Å². The maximum Gasteiger partial charge on any atom is 0.232 e. The van der Waals surface area contributed by atoms with Gasteiger partial charge in [-0.2, -0.15) is 0 Å². The van der Waals surface area contributed by atoms with Gasteiger partial charge in [0.05, 0.1) is 6.61 Å². The molecule has 0 bridgehead atoms. The van der Waals surface area contributed by atoms with Crippen molar-refractivity contribution in [3.05, 3.63) is 10.1 Å². The first-order valence-electron chi connectivity index (χ1n) is 3.85. The number of nitrogens with zero attached hydrogens (tertiary/aromatic N) is 1. The van der Waals surface area contributed by atoms with Gasteiger partial charge in [0.25, 0.3) is 0 Å². The van der Waals surface area contributed by atoms with Crippen LogP contribution in [0.1, 0.15) is 0 Å². The Hall–Kier alpha value is -0.800. The molecule has 0 aliphatic heterocycles. The minimum absolute atomic E-state index is 0.816. The number of nitro groups is 1. The van der Waals surface area contributed by atoms with Gasteiger partial charge >= 0.3 is 0 Å². The third kappa shape index (κ3) is 3.94. The summed E-state index contributed by atoms with van der Waals surface area (Å²) in [5.74, 6) is 0. The molecule has 0 saturated carbocycles. The highest BCUT2D eigenvalue weighted by molar-refractivity contribution is 4.79. The summed E-state index contributed by atoms with van der Waals surface area (Å²) >= 11 is 0. The molecule has 14 heavy (non-hydrogen) atoms. The smallest absolute Gasteiger partial charge is 0.232 e. The number of aliphatic hydroxyl groups excluding tert-OH is 5. The largest absolute Gasteiger partial charge is 0.394 e. The minimum Gasteiger partial charge on any atom is -0.394 e. The van der Waals surface area contributed by atoms with E-state index in [1.165, 1.54) is 0 Å². The van der Waals surface area contributed by atoms with Crippen molar-refractivity contribution in [3.8, 4) is 0 Å². The fourth-order valence-electron chi connectivity index (χ4n) is 0.824. The van der Waals surface area contributed by atoms with Gasteiger partial charge in [0, 0.05) is 4.92 Å².